The van der Waals surface area contributed by atoms with E-state index in [1.807, 2.05) is 18.7 Å². The van der Waals surface area contributed by atoms with Crippen LogP contribution in [-0.2, 0) is 0 Å². The molecule has 1 atom stereocenters. The van der Waals surface area contributed by atoms with E-state index in [1.54, 1.807) is 17.2 Å². The Kier molecular flexibility index (Phi) is 5.52. The van der Waals surface area contributed by atoms with Gasteiger partial charge < -0.3 is 9.80 Å². The fourth-order valence-electron chi connectivity index (χ4n) is 2.92. The quantitative estimate of drug-likeness (QED) is 0.858. The molecule has 0 radical (unpaired) electrons. The van der Waals surface area contributed by atoms with Gasteiger partial charge in [0.2, 0.25) is 0 Å². The number of carbonyl (C=O) groups excluding carboxylic acids is 2. The standard InChI is InChI=1S/C17H25N3O2/c1-4-19(5-2)16(21)14-9-15(11-18-10-14)17(22)20-8-6-7-13(3)12-20/h9-11,13H,4-8,12H2,1-3H3. The molecule has 0 spiro atoms. The zero-order valence-corrected chi connectivity index (χ0v) is 13.7. The van der Waals surface area contributed by atoms with Gasteiger partial charge in [-0.05, 0) is 38.7 Å². The van der Waals surface area contributed by atoms with Gasteiger partial charge in [-0.15, -0.1) is 0 Å². The number of pyridine rings is 1. The largest absolute Gasteiger partial charge is 0.339 e. The average Bonchev–Trinajstić information content (AvgIpc) is 2.55. The van der Waals surface area contributed by atoms with Crippen LogP contribution in [0.3, 0.4) is 0 Å². The van der Waals surface area contributed by atoms with Crippen molar-refractivity contribution in [2.45, 2.75) is 33.6 Å². The molecule has 1 aromatic heterocycles. The number of nitrogens with zero attached hydrogens (tertiary/aromatic N) is 3. The third-order valence-electron chi connectivity index (χ3n) is 4.23. The lowest BCUT2D eigenvalue weighted by Crippen LogP contribution is -2.39. The van der Waals surface area contributed by atoms with Crippen molar-refractivity contribution in [1.29, 1.82) is 0 Å². The third kappa shape index (κ3) is 3.64. The van der Waals surface area contributed by atoms with Crippen molar-refractivity contribution in [3.8, 4) is 0 Å². The number of aromatic nitrogens is 1. The maximum absolute atomic E-state index is 12.6. The predicted octanol–water partition coefficient (Wildman–Crippen LogP) is 2.44. The van der Waals surface area contributed by atoms with Crippen LogP contribution in [0.1, 0.15) is 54.3 Å². The Morgan fingerprint density at radius 1 is 1.27 bits per heavy atom. The first-order valence-electron chi connectivity index (χ1n) is 8.10. The number of carbonyl (C=O) groups is 2. The fraction of sp³-hybridized carbons (Fsp3) is 0.588. The molecule has 1 aliphatic heterocycles. The second-order valence-electron chi connectivity index (χ2n) is 5.94. The Bertz CT molecular complexity index is 540. The van der Waals surface area contributed by atoms with Crippen LogP contribution < -0.4 is 0 Å². The summed E-state index contributed by atoms with van der Waals surface area (Å²) in [5, 5.41) is 0. The highest BCUT2D eigenvalue weighted by Gasteiger charge is 2.23. The summed E-state index contributed by atoms with van der Waals surface area (Å²) in [6.45, 7) is 8.93. The topological polar surface area (TPSA) is 53.5 Å². The molecular weight excluding hydrogens is 278 g/mol. The maximum atomic E-state index is 12.6. The lowest BCUT2D eigenvalue weighted by atomic mass is 9.99. The second kappa shape index (κ2) is 7.38. The van der Waals surface area contributed by atoms with Crippen LogP contribution in [-0.4, -0.2) is 52.8 Å². The van der Waals surface area contributed by atoms with E-state index in [0.717, 1.165) is 19.5 Å². The molecule has 2 amide bonds. The summed E-state index contributed by atoms with van der Waals surface area (Å²) < 4.78 is 0. The molecule has 0 N–H and O–H groups in total. The van der Waals surface area contributed by atoms with Crippen molar-refractivity contribution in [2.24, 2.45) is 5.92 Å². The summed E-state index contributed by atoms with van der Waals surface area (Å²) in [6.07, 6.45) is 5.30. The number of amides is 2. The highest BCUT2D eigenvalue weighted by Crippen LogP contribution is 2.18. The first-order chi connectivity index (χ1) is 10.6. The molecular formula is C17H25N3O2. The summed E-state index contributed by atoms with van der Waals surface area (Å²) in [5.41, 5.74) is 0.992. The van der Waals surface area contributed by atoms with Gasteiger partial charge in [-0.1, -0.05) is 6.92 Å². The van der Waals surface area contributed by atoms with Crippen LogP contribution in [0.5, 0.6) is 0 Å². The molecule has 1 unspecified atom stereocenters. The van der Waals surface area contributed by atoms with Crippen molar-refractivity contribution in [1.82, 2.24) is 14.8 Å². The molecule has 0 bridgehead atoms. The smallest absolute Gasteiger partial charge is 0.255 e. The van der Waals surface area contributed by atoms with Crippen LogP contribution in [0.15, 0.2) is 18.5 Å². The minimum atomic E-state index is -0.0702. The first-order valence-corrected chi connectivity index (χ1v) is 8.10. The number of likely N-dealkylation sites (tertiary alicyclic amines) is 1. The molecule has 0 saturated carbocycles. The van der Waals surface area contributed by atoms with E-state index < -0.39 is 0 Å². The molecule has 2 heterocycles. The lowest BCUT2D eigenvalue weighted by molar-refractivity contribution is 0.0682. The zero-order chi connectivity index (χ0) is 16.1. The molecule has 5 nitrogen and oxygen atoms in total. The summed E-state index contributed by atoms with van der Waals surface area (Å²) >= 11 is 0. The van der Waals surface area contributed by atoms with Gasteiger partial charge in [0, 0.05) is 38.6 Å². The number of hydrogen-bond donors (Lipinski definition) is 0. The van der Waals surface area contributed by atoms with E-state index in [0.29, 0.717) is 30.1 Å². The Hall–Kier alpha value is -1.91. The molecule has 120 valence electrons. The van der Waals surface area contributed by atoms with Gasteiger partial charge in [0.05, 0.1) is 11.1 Å². The minimum absolute atomic E-state index is 0.0201. The normalized spacial score (nSPS) is 18.1. The van der Waals surface area contributed by atoms with E-state index in [1.165, 1.54) is 12.6 Å². The highest BCUT2D eigenvalue weighted by atomic mass is 16.2. The van der Waals surface area contributed by atoms with Crippen molar-refractivity contribution in [3.05, 3.63) is 29.6 Å². The Balaban J connectivity index is 2.17. The van der Waals surface area contributed by atoms with E-state index in [-0.39, 0.29) is 11.8 Å². The SMILES string of the molecule is CCN(CC)C(=O)c1cncc(C(=O)N2CCCC(C)C2)c1. The van der Waals surface area contributed by atoms with Gasteiger partial charge in [-0.2, -0.15) is 0 Å². The number of piperidine rings is 1. The minimum Gasteiger partial charge on any atom is -0.339 e. The Labute approximate surface area is 132 Å². The Morgan fingerprint density at radius 3 is 2.59 bits per heavy atom. The van der Waals surface area contributed by atoms with Crippen molar-refractivity contribution >= 4 is 11.8 Å². The van der Waals surface area contributed by atoms with E-state index >= 15 is 0 Å². The zero-order valence-electron chi connectivity index (χ0n) is 13.7. The molecule has 5 heteroatoms. The second-order valence-corrected chi connectivity index (χ2v) is 5.94. The molecule has 2 rings (SSSR count). The third-order valence-corrected chi connectivity index (χ3v) is 4.23. The monoisotopic (exact) mass is 303 g/mol. The van der Waals surface area contributed by atoms with Gasteiger partial charge in [-0.25, -0.2) is 0 Å². The molecule has 1 aromatic rings. The highest BCUT2D eigenvalue weighted by molar-refractivity contribution is 5.99. The van der Waals surface area contributed by atoms with Crippen LogP contribution in [0.25, 0.3) is 0 Å². The van der Waals surface area contributed by atoms with E-state index in [4.69, 9.17) is 0 Å². The van der Waals surface area contributed by atoms with Crippen LogP contribution in [0.2, 0.25) is 0 Å². The van der Waals surface area contributed by atoms with Crippen LogP contribution in [0, 0.1) is 5.92 Å². The average molecular weight is 303 g/mol. The summed E-state index contributed by atoms with van der Waals surface area (Å²) in [5.74, 6) is 0.443. The molecule has 22 heavy (non-hydrogen) atoms. The molecule has 0 aliphatic carbocycles. The van der Waals surface area contributed by atoms with Crippen molar-refractivity contribution in [3.63, 3.8) is 0 Å². The summed E-state index contributed by atoms with van der Waals surface area (Å²) in [6, 6.07) is 1.68. The van der Waals surface area contributed by atoms with Crippen molar-refractivity contribution < 1.29 is 9.59 Å². The predicted molar refractivity (Wildman–Crippen MR) is 85.8 cm³/mol. The van der Waals surface area contributed by atoms with E-state index in [9.17, 15) is 9.59 Å². The Morgan fingerprint density at radius 2 is 1.95 bits per heavy atom. The van der Waals surface area contributed by atoms with Gasteiger partial charge in [0.1, 0.15) is 0 Å². The first kappa shape index (κ1) is 16.5. The van der Waals surface area contributed by atoms with Gasteiger partial charge >= 0.3 is 0 Å². The summed E-state index contributed by atoms with van der Waals surface area (Å²) in [7, 11) is 0. The van der Waals surface area contributed by atoms with Gasteiger partial charge in [0.25, 0.3) is 11.8 Å². The summed E-state index contributed by atoms with van der Waals surface area (Å²) in [4.78, 5) is 32.7. The molecule has 1 fully saturated rings. The number of rotatable bonds is 4. The van der Waals surface area contributed by atoms with Crippen LogP contribution in [0.4, 0.5) is 0 Å². The van der Waals surface area contributed by atoms with Gasteiger partial charge in [-0.3, -0.25) is 14.6 Å². The van der Waals surface area contributed by atoms with Crippen LogP contribution >= 0.6 is 0 Å². The molecule has 0 aromatic carbocycles. The van der Waals surface area contributed by atoms with Crippen molar-refractivity contribution in [2.75, 3.05) is 26.2 Å². The maximum Gasteiger partial charge on any atom is 0.255 e. The van der Waals surface area contributed by atoms with Gasteiger partial charge in [0.15, 0.2) is 0 Å². The lowest BCUT2D eigenvalue weighted by Gasteiger charge is -2.31. The molecule has 1 aliphatic rings. The molecule has 1 saturated heterocycles. The van der Waals surface area contributed by atoms with E-state index in [2.05, 4.69) is 11.9 Å². The fourth-order valence-corrected chi connectivity index (χ4v) is 2.92. The number of hydrogen-bond acceptors (Lipinski definition) is 3.